The number of aliphatic hydroxyl groups is 1. The van der Waals surface area contributed by atoms with E-state index in [0.29, 0.717) is 0 Å². The van der Waals surface area contributed by atoms with E-state index in [0.717, 1.165) is 12.1 Å². The molecule has 0 heterocycles. The molecule has 0 saturated heterocycles. The predicted octanol–water partition coefficient (Wildman–Crippen LogP) is 2.48. The number of esters is 1. The van der Waals surface area contributed by atoms with E-state index in [9.17, 15) is 18.7 Å². The summed E-state index contributed by atoms with van der Waals surface area (Å²) < 4.78 is 28.3. The summed E-state index contributed by atoms with van der Waals surface area (Å²) in [7, 11) is 0. The molecule has 0 amide bonds. The minimum atomic E-state index is -2.75. The maximum absolute atomic E-state index is 13.9. The smallest absolute Gasteiger partial charge is 0.358 e. The largest absolute Gasteiger partial charge is 0.463 e. The lowest BCUT2D eigenvalue weighted by Gasteiger charge is -2.22. The summed E-state index contributed by atoms with van der Waals surface area (Å²) in [5, 5.41) is 9.69. The van der Waals surface area contributed by atoms with Crippen molar-refractivity contribution >= 4 is 21.9 Å². The fourth-order valence-electron chi connectivity index (χ4n) is 1.19. The number of benzene rings is 1. The number of rotatable bonds is 4. The van der Waals surface area contributed by atoms with E-state index >= 15 is 0 Å². The van der Waals surface area contributed by atoms with Crippen LogP contribution in [0.3, 0.4) is 0 Å². The van der Waals surface area contributed by atoms with E-state index in [-0.39, 0.29) is 12.2 Å². The lowest BCUT2D eigenvalue weighted by atomic mass is 10.1. The van der Waals surface area contributed by atoms with Crippen LogP contribution in [0, 0.1) is 5.82 Å². The van der Waals surface area contributed by atoms with E-state index in [2.05, 4.69) is 20.7 Å². The summed E-state index contributed by atoms with van der Waals surface area (Å²) in [6, 6.07) is 4.50. The number of ether oxygens (including phenoxy) is 1. The number of halogens is 3. The van der Waals surface area contributed by atoms with Crippen LogP contribution in [0.2, 0.25) is 0 Å². The topological polar surface area (TPSA) is 46.5 Å². The lowest BCUT2D eigenvalue weighted by molar-refractivity contribution is -0.156. The standard InChI is InChI=1S/C11H11BrF2O3/c1-2-17-10(16)11(12,14)9(15)7-3-5-8(13)6-4-7/h3-6,9,15H,2H2,1H3. The van der Waals surface area contributed by atoms with Crippen molar-refractivity contribution < 1.29 is 23.4 Å². The van der Waals surface area contributed by atoms with Crippen LogP contribution < -0.4 is 0 Å². The minimum absolute atomic E-state index is 0.00770. The molecule has 1 rings (SSSR count). The molecule has 0 aliphatic carbocycles. The van der Waals surface area contributed by atoms with Crippen molar-refractivity contribution in [2.45, 2.75) is 17.6 Å². The van der Waals surface area contributed by atoms with Gasteiger partial charge in [0, 0.05) is 0 Å². The molecular formula is C11H11BrF2O3. The van der Waals surface area contributed by atoms with Gasteiger partial charge in [-0.2, -0.15) is 0 Å². The molecular weight excluding hydrogens is 298 g/mol. The Hall–Kier alpha value is -1.01. The summed E-state index contributed by atoms with van der Waals surface area (Å²) in [4.78, 5) is 11.3. The molecule has 0 fully saturated rings. The van der Waals surface area contributed by atoms with Crippen LogP contribution in [0.4, 0.5) is 8.78 Å². The molecule has 1 aromatic carbocycles. The maximum Gasteiger partial charge on any atom is 0.358 e. The SMILES string of the molecule is CCOC(=O)C(F)(Br)C(O)c1ccc(F)cc1. The molecule has 0 aliphatic rings. The summed E-state index contributed by atoms with van der Waals surface area (Å²) in [5.41, 5.74) is 0.0684. The molecule has 94 valence electrons. The van der Waals surface area contributed by atoms with Crippen molar-refractivity contribution in [2.75, 3.05) is 6.61 Å². The molecule has 0 aromatic heterocycles. The Morgan fingerprint density at radius 3 is 2.53 bits per heavy atom. The Labute approximate surface area is 106 Å². The first kappa shape index (κ1) is 14.1. The first-order valence-corrected chi connectivity index (χ1v) is 5.67. The predicted molar refractivity (Wildman–Crippen MR) is 60.8 cm³/mol. The quantitative estimate of drug-likeness (QED) is 0.686. The molecule has 0 bridgehead atoms. The van der Waals surface area contributed by atoms with Gasteiger partial charge in [0.2, 0.25) is 0 Å². The zero-order chi connectivity index (χ0) is 13.1. The Morgan fingerprint density at radius 1 is 1.53 bits per heavy atom. The van der Waals surface area contributed by atoms with Crippen molar-refractivity contribution in [3.05, 3.63) is 35.6 Å². The highest BCUT2D eigenvalue weighted by atomic mass is 79.9. The fourth-order valence-corrected chi connectivity index (χ4v) is 1.57. The van der Waals surface area contributed by atoms with E-state index in [1.54, 1.807) is 0 Å². The van der Waals surface area contributed by atoms with Crippen molar-refractivity contribution in [1.29, 1.82) is 0 Å². The van der Waals surface area contributed by atoms with Gasteiger partial charge in [0.25, 0.3) is 4.58 Å². The highest BCUT2D eigenvalue weighted by Crippen LogP contribution is 2.36. The van der Waals surface area contributed by atoms with Gasteiger partial charge in [-0.3, -0.25) is 0 Å². The second kappa shape index (κ2) is 5.55. The van der Waals surface area contributed by atoms with Crippen LogP contribution in [0.1, 0.15) is 18.6 Å². The van der Waals surface area contributed by atoms with Gasteiger partial charge in [0.15, 0.2) is 0 Å². The molecule has 1 N–H and O–H groups in total. The Kier molecular flexibility index (Phi) is 4.59. The third-order valence-electron chi connectivity index (χ3n) is 2.08. The molecule has 17 heavy (non-hydrogen) atoms. The summed E-state index contributed by atoms with van der Waals surface area (Å²) in [6.45, 7) is 1.51. The van der Waals surface area contributed by atoms with Crippen molar-refractivity contribution in [2.24, 2.45) is 0 Å². The second-order valence-corrected chi connectivity index (χ2v) is 4.45. The van der Waals surface area contributed by atoms with Gasteiger partial charge in [0.05, 0.1) is 6.61 Å². The van der Waals surface area contributed by atoms with E-state index in [4.69, 9.17) is 0 Å². The molecule has 0 spiro atoms. The first-order valence-electron chi connectivity index (χ1n) is 4.88. The van der Waals surface area contributed by atoms with Crippen LogP contribution in [0.5, 0.6) is 0 Å². The molecule has 2 unspecified atom stereocenters. The van der Waals surface area contributed by atoms with Crippen molar-refractivity contribution in [3.8, 4) is 0 Å². The normalized spacial score (nSPS) is 16.1. The fraction of sp³-hybridized carbons (Fsp3) is 0.364. The molecule has 3 nitrogen and oxygen atoms in total. The zero-order valence-corrected chi connectivity index (χ0v) is 10.6. The second-order valence-electron chi connectivity index (χ2n) is 3.30. The van der Waals surface area contributed by atoms with E-state index in [1.807, 2.05) is 0 Å². The third kappa shape index (κ3) is 3.23. The number of hydrogen-bond donors (Lipinski definition) is 1. The van der Waals surface area contributed by atoms with Gasteiger partial charge in [-0.15, -0.1) is 0 Å². The van der Waals surface area contributed by atoms with Gasteiger partial charge < -0.3 is 9.84 Å². The zero-order valence-electron chi connectivity index (χ0n) is 8.99. The average molecular weight is 309 g/mol. The third-order valence-corrected chi connectivity index (χ3v) is 2.83. The lowest BCUT2D eigenvalue weighted by Crippen LogP contribution is -2.35. The molecule has 0 radical (unpaired) electrons. The molecule has 1 aromatic rings. The monoisotopic (exact) mass is 308 g/mol. The summed E-state index contributed by atoms with van der Waals surface area (Å²) >= 11 is 2.48. The van der Waals surface area contributed by atoms with Gasteiger partial charge in [-0.05, 0) is 40.5 Å². The molecule has 0 aliphatic heterocycles. The number of carbonyl (C=O) groups is 1. The number of carbonyl (C=O) groups excluding carboxylic acids is 1. The number of alkyl halides is 2. The number of aliphatic hydroxyl groups excluding tert-OH is 1. The average Bonchev–Trinajstić information content (AvgIpc) is 2.29. The van der Waals surface area contributed by atoms with E-state index in [1.165, 1.54) is 19.1 Å². The Balaban J connectivity index is 2.91. The van der Waals surface area contributed by atoms with Crippen molar-refractivity contribution in [3.63, 3.8) is 0 Å². The summed E-state index contributed by atoms with van der Waals surface area (Å²) in [6.07, 6.45) is -1.78. The van der Waals surface area contributed by atoms with Crippen molar-refractivity contribution in [1.82, 2.24) is 0 Å². The van der Waals surface area contributed by atoms with Crippen LogP contribution in [0.15, 0.2) is 24.3 Å². The highest BCUT2D eigenvalue weighted by molar-refractivity contribution is 9.10. The van der Waals surface area contributed by atoms with Crippen LogP contribution in [-0.2, 0) is 9.53 Å². The van der Waals surface area contributed by atoms with Crippen LogP contribution in [-0.4, -0.2) is 22.3 Å². The number of hydrogen-bond acceptors (Lipinski definition) is 3. The van der Waals surface area contributed by atoms with Gasteiger partial charge in [0.1, 0.15) is 11.9 Å². The summed E-state index contributed by atoms with van der Waals surface area (Å²) in [5.74, 6) is -1.74. The van der Waals surface area contributed by atoms with Gasteiger partial charge >= 0.3 is 5.97 Å². The molecule has 6 heteroatoms. The molecule has 0 saturated carbocycles. The maximum atomic E-state index is 13.9. The first-order chi connectivity index (χ1) is 7.89. The van der Waals surface area contributed by atoms with Crippen LogP contribution >= 0.6 is 15.9 Å². The Bertz CT molecular complexity index is 392. The van der Waals surface area contributed by atoms with Gasteiger partial charge in [-0.1, -0.05) is 12.1 Å². The minimum Gasteiger partial charge on any atom is -0.463 e. The van der Waals surface area contributed by atoms with E-state index < -0.39 is 22.5 Å². The highest BCUT2D eigenvalue weighted by Gasteiger charge is 2.45. The van der Waals surface area contributed by atoms with Gasteiger partial charge in [-0.25, -0.2) is 13.6 Å². The van der Waals surface area contributed by atoms with Crippen LogP contribution in [0.25, 0.3) is 0 Å². The molecule has 2 atom stereocenters. The Morgan fingerprint density at radius 2 is 2.06 bits per heavy atom.